The minimum atomic E-state index is -0.833. The number of amides is 1. The van der Waals surface area contributed by atoms with Crippen LogP contribution in [0.1, 0.15) is 47.7 Å². The SMILES string of the molecule is CC(=O)O.Cc1cc(C)c2nc(N3C(=O)C(=O)/C(=C(/O)c4ccc5c(c4)CC(C)O5)C3c3ccccc3)sc2c1. The molecule has 4 aromatic rings. The fraction of sp³-hybridized carbons (Fsp3) is 0.226. The molecule has 6 rings (SSSR count). The third kappa shape index (κ3) is 4.96. The molecule has 1 aromatic heterocycles. The van der Waals surface area contributed by atoms with Crippen molar-refractivity contribution in [3.8, 4) is 5.75 Å². The van der Waals surface area contributed by atoms with Gasteiger partial charge < -0.3 is 14.9 Å². The molecule has 2 atom stereocenters. The van der Waals surface area contributed by atoms with Crippen LogP contribution in [0.25, 0.3) is 16.0 Å². The Morgan fingerprint density at radius 1 is 1.05 bits per heavy atom. The van der Waals surface area contributed by atoms with Gasteiger partial charge in [-0.15, -0.1) is 0 Å². The van der Waals surface area contributed by atoms with E-state index >= 15 is 0 Å². The molecule has 40 heavy (non-hydrogen) atoms. The number of aromatic nitrogens is 1. The van der Waals surface area contributed by atoms with Crippen LogP contribution in [0.4, 0.5) is 5.13 Å². The summed E-state index contributed by atoms with van der Waals surface area (Å²) in [6, 6.07) is 18.0. The fourth-order valence-corrected chi connectivity index (χ4v) is 6.34. The smallest absolute Gasteiger partial charge is 0.301 e. The van der Waals surface area contributed by atoms with E-state index in [2.05, 4.69) is 0 Å². The van der Waals surface area contributed by atoms with Gasteiger partial charge in [0.05, 0.1) is 21.8 Å². The van der Waals surface area contributed by atoms with Crippen molar-refractivity contribution in [2.45, 2.75) is 46.3 Å². The lowest BCUT2D eigenvalue weighted by atomic mass is 9.94. The number of carboxylic acids is 1. The predicted molar refractivity (Wildman–Crippen MR) is 154 cm³/mol. The molecule has 2 unspecified atom stereocenters. The van der Waals surface area contributed by atoms with Gasteiger partial charge in [0.15, 0.2) is 5.13 Å². The van der Waals surface area contributed by atoms with Gasteiger partial charge >= 0.3 is 5.91 Å². The summed E-state index contributed by atoms with van der Waals surface area (Å²) in [6.07, 6.45) is 0.774. The highest BCUT2D eigenvalue weighted by molar-refractivity contribution is 7.22. The van der Waals surface area contributed by atoms with Crippen LogP contribution in [0, 0.1) is 13.8 Å². The molecule has 1 amide bonds. The zero-order chi connectivity index (χ0) is 28.7. The highest BCUT2D eigenvalue weighted by atomic mass is 32.1. The Labute approximate surface area is 235 Å². The zero-order valence-corrected chi connectivity index (χ0v) is 23.3. The first-order valence-corrected chi connectivity index (χ1v) is 13.6. The van der Waals surface area contributed by atoms with Crippen molar-refractivity contribution < 1.29 is 29.3 Å². The second-order valence-electron chi connectivity index (χ2n) is 9.98. The van der Waals surface area contributed by atoms with Crippen LogP contribution >= 0.6 is 11.3 Å². The number of hydrogen-bond donors (Lipinski definition) is 2. The van der Waals surface area contributed by atoms with Gasteiger partial charge in [-0.25, -0.2) is 4.98 Å². The molecular weight excluding hydrogens is 528 g/mol. The predicted octanol–water partition coefficient (Wildman–Crippen LogP) is 5.95. The van der Waals surface area contributed by atoms with Crippen molar-refractivity contribution in [2.75, 3.05) is 4.90 Å². The van der Waals surface area contributed by atoms with Crippen LogP contribution in [0.3, 0.4) is 0 Å². The van der Waals surface area contributed by atoms with Gasteiger partial charge in [0.1, 0.15) is 17.6 Å². The number of carbonyl (C=O) groups is 3. The number of hydrogen-bond acceptors (Lipinski definition) is 7. The number of fused-ring (bicyclic) bond motifs is 2. The van der Waals surface area contributed by atoms with Gasteiger partial charge in [0.25, 0.3) is 11.8 Å². The number of thiazole rings is 1. The number of ether oxygens (including phenoxy) is 1. The average molecular weight is 557 g/mol. The average Bonchev–Trinajstić information content (AvgIpc) is 3.56. The summed E-state index contributed by atoms with van der Waals surface area (Å²) < 4.78 is 6.73. The van der Waals surface area contributed by atoms with Crippen molar-refractivity contribution in [1.29, 1.82) is 0 Å². The summed E-state index contributed by atoms with van der Waals surface area (Å²) >= 11 is 1.37. The molecule has 3 aromatic carbocycles. The number of aryl methyl sites for hydroxylation is 2. The molecule has 9 heteroatoms. The number of nitrogens with zero attached hydrogens (tertiary/aromatic N) is 2. The number of ketones is 1. The van der Waals surface area contributed by atoms with Crippen LogP contribution in [0.5, 0.6) is 5.75 Å². The Morgan fingerprint density at radius 2 is 1.75 bits per heavy atom. The van der Waals surface area contributed by atoms with Gasteiger partial charge in [0, 0.05) is 18.9 Å². The quantitative estimate of drug-likeness (QED) is 0.182. The van der Waals surface area contributed by atoms with Gasteiger partial charge in [-0.2, -0.15) is 0 Å². The van der Waals surface area contributed by atoms with Gasteiger partial charge in [-0.05, 0) is 67.3 Å². The van der Waals surface area contributed by atoms with Crippen molar-refractivity contribution in [1.82, 2.24) is 4.98 Å². The van der Waals surface area contributed by atoms with Gasteiger partial charge in [-0.3, -0.25) is 19.3 Å². The Morgan fingerprint density at radius 3 is 2.45 bits per heavy atom. The number of Topliss-reactive ketones (excluding diaryl/α,β-unsaturated/α-hetero) is 1. The lowest BCUT2D eigenvalue weighted by molar-refractivity contribution is -0.134. The third-order valence-corrected chi connectivity index (χ3v) is 7.76. The van der Waals surface area contributed by atoms with E-state index in [-0.39, 0.29) is 17.4 Å². The van der Waals surface area contributed by atoms with E-state index < -0.39 is 23.7 Å². The molecule has 0 aliphatic carbocycles. The molecule has 2 N–H and O–H groups in total. The minimum Gasteiger partial charge on any atom is -0.507 e. The standard InChI is InChI=1S/C29H24N2O4S.C2H4O2/c1-15-11-16(2)24-22(12-15)36-29(30-24)31-25(18-7-5-4-6-8-18)23(27(33)28(31)34)26(32)19-9-10-21-20(14-19)13-17(3)35-21;1-2(3)4/h4-12,14,17,25,32H,13H2,1-3H3;1H3,(H,3,4)/b26-23+;. The summed E-state index contributed by atoms with van der Waals surface area (Å²) in [5, 5.41) is 19.3. The monoisotopic (exact) mass is 556 g/mol. The van der Waals surface area contributed by atoms with Gasteiger partial charge in [0.2, 0.25) is 0 Å². The van der Waals surface area contributed by atoms with Crippen molar-refractivity contribution in [3.63, 3.8) is 0 Å². The Kier molecular flexibility index (Phi) is 7.16. The Hall–Kier alpha value is -4.50. The number of carboxylic acid groups (broad SMARTS) is 1. The highest BCUT2D eigenvalue weighted by Crippen LogP contribution is 2.45. The van der Waals surface area contributed by atoms with E-state index in [1.54, 1.807) is 12.1 Å². The van der Waals surface area contributed by atoms with Crippen LogP contribution in [0.2, 0.25) is 0 Å². The molecule has 0 radical (unpaired) electrons. The summed E-state index contributed by atoms with van der Waals surface area (Å²) in [5.74, 6) is -1.67. The lowest BCUT2D eigenvalue weighted by Gasteiger charge is -2.23. The molecule has 0 spiro atoms. The maximum atomic E-state index is 13.5. The number of carbonyl (C=O) groups excluding carboxylic acids is 2. The molecule has 0 bridgehead atoms. The molecule has 1 fully saturated rings. The number of anilines is 1. The van der Waals surface area contributed by atoms with Crippen LogP contribution in [-0.4, -0.2) is 39.0 Å². The van der Waals surface area contributed by atoms with Crippen molar-refractivity contribution >= 4 is 50.1 Å². The number of aliphatic hydroxyl groups excluding tert-OH is 1. The molecule has 204 valence electrons. The van der Waals surface area contributed by atoms with Crippen molar-refractivity contribution in [3.05, 3.63) is 94.1 Å². The van der Waals surface area contributed by atoms with E-state index in [4.69, 9.17) is 19.6 Å². The maximum absolute atomic E-state index is 13.5. The van der Waals surface area contributed by atoms with E-state index in [9.17, 15) is 14.7 Å². The Balaban J connectivity index is 0.000000758. The molecular formula is C31H28N2O6S. The van der Waals surface area contributed by atoms with Gasteiger partial charge in [-0.1, -0.05) is 47.7 Å². The summed E-state index contributed by atoms with van der Waals surface area (Å²) in [4.78, 5) is 42.1. The summed E-state index contributed by atoms with van der Waals surface area (Å²) in [6.45, 7) is 7.08. The first-order chi connectivity index (χ1) is 19.0. The number of benzene rings is 3. The topological polar surface area (TPSA) is 117 Å². The second-order valence-corrected chi connectivity index (χ2v) is 11.0. The number of aliphatic hydroxyl groups is 1. The summed E-state index contributed by atoms with van der Waals surface area (Å²) in [5.41, 5.74) is 5.16. The fourth-order valence-electron chi connectivity index (χ4n) is 5.17. The van der Waals surface area contributed by atoms with Crippen LogP contribution in [0.15, 0.2) is 66.2 Å². The largest absolute Gasteiger partial charge is 0.507 e. The van der Waals surface area contributed by atoms with Crippen LogP contribution in [-0.2, 0) is 20.8 Å². The third-order valence-electron chi connectivity index (χ3n) is 6.75. The normalized spacial score (nSPS) is 19.2. The molecule has 2 aliphatic rings. The summed E-state index contributed by atoms with van der Waals surface area (Å²) in [7, 11) is 0. The Bertz CT molecular complexity index is 1690. The van der Waals surface area contributed by atoms with Crippen LogP contribution < -0.4 is 9.64 Å². The second kappa shape index (κ2) is 10.6. The van der Waals surface area contributed by atoms with E-state index in [1.807, 2.05) is 69.3 Å². The lowest BCUT2D eigenvalue weighted by Crippen LogP contribution is -2.29. The zero-order valence-electron chi connectivity index (χ0n) is 22.5. The molecule has 3 heterocycles. The molecule has 1 saturated heterocycles. The first-order valence-electron chi connectivity index (χ1n) is 12.8. The first kappa shape index (κ1) is 27.1. The van der Waals surface area contributed by atoms with Crippen molar-refractivity contribution in [2.24, 2.45) is 0 Å². The molecule has 2 aliphatic heterocycles. The number of aliphatic carboxylic acids is 1. The molecule has 8 nitrogen and oxygen atoms in total. The maximum Gasteiger partial charge on any atom is 0.301 e. The molecule has 0 saturated carbocycles. The number of rotatable bonds is 3. The van der Waals surface area contributed by atoms with E-state index in [0.717, 1.165) is 51.6 Å². The van der Waals surface area contributed by atoms with E-state index in [1.165, 1.54) is 16.2 Å². The minimum absolute atomic E-state index is 0.0541. The highest BCUT2D eigenvalue weighted by Gasteiger charge is 2.48. The van der Waals surface area contributed by atoms with E-state index in [0.29, 0.717) is 10.7 Å².